The first-order valence-corrected chi connectivity index (χ1v) is 8.33. The number of thiophene rings is 1. The summed E-state index contributed by atoms with van der Waals surface area (Å²) in [6.07, 6.45) is 0. The summed E-state index contributed by atoms with van der Waals surface area (Å²) in [4.78, 5) is 43.1. The predicted octanol–water partition coefficient (Wildman–Crippen LogP) is 2.32. The highest BCUT2D eigenvalue weighted by Crippen LogP contribution is 2.29. The predicted molar refractivity (Wildman–Crippen MR) is 96.8 cm³/mol. The van der Waals surface area contributed by atoms with Gasteiger partial charge in [-0.1, -0.05) is 0 Å². The van der Waals surface area contributed by atoms with Gasteiger partial charge in [0.25, 0.3) is 11.2 Å². The molecule has 0 bridgehead atoms. The quantitative estimate of drug-likeness (QED) is 0.413. The molecule has 0 fully saturated rings. The van der Waals surface area contributed by atoms with Gasteiger partial charge in [0.05, 0.1) is 29.7 Å². The Kier molecular flexibility index (Phi) is 4.67. The molecule has 2 heterocycles. The molecule has 3 rings (SSSR count). The molecule has 0 unspecified atom stereocenters. The number of hydrogen-bond donors (Lipinski definition) is 1. The number of benzene rings is 1. The van der Waals surface area contributed by atoms with E-state index in [-0.39, 0.29) is 29.0 Å². The Morgan fingerprint density at radius 2 is 2.19 bits per heavy atom. The highest BCUT2D eigenvalue weighted by Gasteiger charge is 2.21. The van der Waals surface area contributed by atoms with E-state index in [0.29, 0.717) is 16.0 Å². The Morgan fingerprint density at radius 1 is 1.42 bits per heavy atom. The summed E-state index contributed by atoms with van der Waals surface area (Å²) in [6.45, 7) is 0.118. The molecule has 26 heavy (non-hydrogen) atoms. The molecule has 0 aliphatic rings. The zero-order chi connectivity index (χ0) is 18.8. The van der Waals surface area contributed by atoms with Crippen LogP contribution in [0.2, 0.25) is 0 Å². The lowest BCUT2D eigenvalue weighted by Crippen LogP contribution is -2.22. The average molecular weight is 374 g/mol. The highest BCUT2D eigenvalue weighted by atomic mass is 32.1. The Hall–Kier alpha value is -3.27. The normalized spacial score (nSPS) is 10.7. The van der Waals surface area contributed by atoms with Crippen molar-refractivity contribution >= 4 is 38.9 Å². The van der Waals surface area contributed by atoms with Crippen LogP contribution in [0.5, 0.6) is 0 Å². The van der Waals surface area contributed by atoms with Crippen LogP contribution in [0.3, 0.4) is 0 Å². The summed E-state index contributed by atoms with van der Waals surface area (Å²) in [5.41, 5.74) is 0.547. The van der Waals surface area contributed by atoms with Gasteiger partial charge in [-0.05, 0) is 23.6 Å². The van der Waals surface area contributed by atoms with Crippen molar-refractivity contribution in [3.05, 3.63) is 61.5 Å². The number of H-pyrrole nitrogens is 1. The van der Waals surface area contributed by atoms with Crippen LogP contribution in [0, 0.1) is 10.1 Å². The van der Waals surface area contributed by atoms with Gasteiger partial charge in [-0.3, -0.25) is 14.9 Å². The van der Waals surface area contributed by atoms with Gasteiger partial charge >= 0.3 is 5.97 Å². The fraction of sp³-hybridized carbons (Fsp3) is 0.188. The lowest BCUT2D eigenvalue weighted by Gasteiger charge is -2.19. The molecule has 0 atom stereocenters. The van der Waals surface area contributed by atoms with E-state index < -0.39 is 10.9 Å². The third-order valence-electron chi connectivity index (χ3n) is 3.76. The van der Waals surface area contributed by atoms with Crippen molar-refractivity contribution in [3.8, 4) is 0 Å². The number of nitrogens with zero attached hydrogens (tertiary/aromatic N) is 3. The Balaban J connectivity index is 1.99. The molecule has 0 radical (unpaired) electrons. The number of fused-ring (bicyclic) bond motifs is 1. The number of methoxy groups -OCH3 is 1. The molecule has 0 aliphatic heterocycles. The maximum Gasteiger partial charge on any atom is 0.337 e. The van der Waals surface area contributed by atoms with Crippen LogP contribution in [0.4, 0.5) is 11.4 Å². The minimum atomic E-state index is -0.597. The van der Waals surface area contributed by atoms with Crippen molar-refractivity contribution < 1.29 is 14.5 Å². The third kappa shape index (κ3) is 3.26. The number of anilines is 1. The molecule has 3 aromatic rings. The van der Waals surface area contributed by atoms with E-state index in [0.717, 1.165) is 0 Å². The number of ether oxygens (including phenoxy) is 1. The highest BCUT2D eigenvalue weighted by molar-refractivity contribution is 7.17. The molecule has 2 aromatic heterocycles. The second-order valence-corrected chi connectivity index (χ2v) is 6.37. The first-order valence-electron chi connectivity index (χ1n) is 7.45. The van der Waals surface area contributed by atoms with Crippen molar-refractivity contribution in [2.45, 2.75) is 6.54 Å². The molecule has 0 amide bonds. The number of nitrogens with one attached hydrogen (secondary N) is 1. The Labute approximate surface area is 151 Å². The van der Waals surface area contributed by atoms with Gasteiger partial charge in [-0.15, -0.1) is 11.3 Å². The van der Waals surface area contributed by atoms with Crippen molar-refractivity contribution in [3.63, 3.8) is 0 Å². The number of nitro groups is 1. The largest absolute Gasteiger partial charge is 0.465 e. The third-order valence-corrected chi connectivity index (χ3v) is 4.66. The maximum absolute atomic E-state index is 12.1. The Bertz CT molecular complexity index is 1060. The van der Waals surface area contributed by atoms with Gasteiger partial charge in [0.15, 0.2) is 0 Å². The summed E-state index contributed by atoms with van der Waals surface area (Å²) in [5, 5.41) is 13.1. The standard InChI is InChI=1S/C16H14N4O5S/c1-19(8-13-17-10-5-6-26-14(10)15(21)18-13)12-7-9(16(22)25-2)3-4-11(12)20(23)24/h3-7H,8H2,1-2H3,(H,17,18,21). The topological polar surface area (TPSA) is 118 Å². The van der Waals surface area contributed by atoms with Crippen LogP contribution in [-0.4, -0.2) is 35.0 Å². The number of aromatic nitrogens is 2. The molecule has 1 N–H and O–H groups in total. The van der Waals surface area contributed by atoms with Crippen LogP contribution in [0.1, 0.15) is 16.2 Å². The number of carbonyl (C=O) groups excluding carboxylic acids is 1. The molecule has 0 aliphatic carbocycles. The van der Waals surface area contributed by atoms with E-state index >= 15 is 0 Å². The van der Waals surface area contributed by atoms with E-state index in [1.165, 1.54) is 36.6 Å². The number of nitro benzene ring substituents is 1. The summed E-state index contributed by atoms with van der Waals surface area (Å²) in [5.74, 6) is -0.234. The molecule has 0 spiro atoms. The summed E-state index contributed by atoms with van der Waals surface area (Å²) < 4.78 is 5.18. The zero-order valence-electron chi connectivity index (χ0n) is 13.9. The second-order valence-electron chi connectivity index (χ2n) is 5.46. The number of esters is 1. The van der Waals surface area contributed by atoms with Gasteiger partial charge in [0, 0.05) is 13.1 Å². The molecular formula is C16H14N4O5S. The van der Waals surface area contributed by atoms with Gasteiger partial charge in [-0.25, -0.2) is 9.78 Å². The smallest absolute Gasteiger partial charge is 0.337 e. The summed E-state index contributed by atoms with van der Waals surface area (Å²) >= 11 is 1.29. The first-order chi connectivity index (χ1) is 12.4. The van der Waals surface area contributed by atoms with Crippen LogP contribution in [0.15, 0.2) is 34.4 Å². The van der Waals surface area contributed by atoms with Crippen molar-refractivity contribution in [2.24, 2.45) is 0 Å². The molecule has 1 aromatic carbocycles. The monoisotopic (exact) mass is 374 g/mol. The van der Waals surface area contributed by atoms with E-state index in [4.69, 9.17) is 0 Å². The molecule has 9 nitrogen and oxygen atoms in total. The average Bonchev–Trinajstić information content (AvgIpc) is 3.09. The van der Waals surface area contributed by atoms with Crippen LogP contribution < -0.4 is 10.5 Å². The molecule has 134 valence electrons. The lowest BCUT2D eigenvalue weighted by atomic mass is 10.1. The Morgan fingerprint density at radius 3 is 2.88 bits per heavy atom. The number of carbonyl (C=O) groups is 1. The molecule has 10 heteroatoms. The van der Waals surface area contributed by atoms with Gasteiger partial charge in [-0.2, -0.15) is 0 Å². The zero-order valence-corrected chi connectivity index (χ0v) is 14.7. The number of rotatable bonds is 5. The molecular weight excluding hydrogens is 360 g/mol. The van der Waals surface area contributed by atoms with Crippen molar-refractivity contribution in [2.75, 3.05) is 19.1 Å². The number of aromatic amines is 1. The van der Waals surface area contributed by atoms with Gasteiger partial charge in [0.2, 0.25) is 0 Å². The molecule has 0 saturated heterocycles. The molecule has 0 saturated carbocycles. The van der Waals surface area contributed by atoms with Crippen molar-refractivity contribution in [1.82, 2.24) is 9.97 Å². The SMILES string of the molecule is COC(=O)c1ccc([N+](=O)[O-])c(N(C)Cc2nc3ccsc3c(=O)[nH]2)c1. The van der Waals surface area contributed by atoms with Gasteiger partial charge in [0.1, 0.15) is 16.2 Å². The minimum Gasteiger partial charge on any atom is -0.465 e. The van der Waals surface area contributed by atoms with E-state index in [2.05, 4.69) is 14.7 Å². The number of hydrogen-bond acceptors (Lipinski definition) is 8. The summed E-state index contributed by atoms with van der Waals surface area (Å²) in [6, 6.07) is 5.69. The van der Waals surface area contributed by atoms with E-state index in [1.807, 2.05) is 0 Å². The first kappa shape index (κ1) is 17.5. The minimum absolute atomic E-state index is 0.118. The lowest BCUT2D eigenvalue weighted by molar-refractivity contribution is -0.384. The fourth-order valence-corrected chi connectivity index (χ4v) is 3.26. The van der Waals surface area contributed by atoms with Crippen molar-refractivity contribution in [1.29, 1.82) is 0 Å². The van der Waals surface area contributed by atoms with E-state index in [1.54, 1.807) is 23.4 Å². The fourth-order valence-electron chi connectivity index (χ4n) is 2.53. The summed E-state index contributed by atoms with van der Waals surface area (Å²) in [7, 11) is 2.85. The maximum atomic E-state index is 12.1. The van der Waals surface area contributed by atoms with Crippen LogP contribution in [-0.2, 0) is 11.3 Å². The van der Waals surface area contributed by atoms with Crippen LogP contribution in [0.25, 0.3) is 10.2 Å². The van der Waals surface area contributed by atoms with Gasteiger partial charge < -0.3 is 14.6 Å². The van der Waals surface area contributed by atoms with E-state index in [9.17, 15) is 19.7 Å². The van der Waals surface area contributed by atoms with Crippen LogP contribution >= 0.6 is 11.3 Å². The second kappa shape index (κ2) is 6.92.